The number of rotatable bonds is 6. The van der Waals surface area contributed by atoms with Gasteiger partial charge >= 0.3 is 6.03 Å². The number of urea groups is 1. The second-order valence-corrected chi connectivity index (χ2v) is 7.67. The number of thioether (sulfide) groups is 1. The maximum atomic E-state index is 12.6. The normalized spacial score (nSPS) is 15.1. The van der Waals surface area contributed by atoms with Gasteiger partial charge in [-0.1, -0.05) is 18.2 Å². The highest BCUT2D eigenvalue weighted by molar-refractivity contribution is 7.98. The summed E-state index contributed by atoms with van der Waals surface area (Å²) in [5.74, 6) is 2.00. The van der Waals surface area contributed by atoms with Crippen LogP contribution in [0.2, 0.25) is 0 Å². The number of hydrogen-bond acceptors (Lipinski definition) is 3. The summed E-state index contributed by atoms with van der Waals surface area (Å²) >= 11 is 1.88. The summed E-state index contributed by atoms with van der Waals surface area (Å²) in [7, 11) is 3.52. The largest absolute Gasteiger partial charge is 0.349 e. The molecule has 3 amide bonds. The lowest BCUT2D eigenvalue weighted by molar-refractivity contribution is -0.128. The fourth-order valence-corrected chi connectivity index (χ4v) is 3.86. The Bertz CT molecular complexity index is 584. The summed E-state index contributed by atoms with van der Waals surface area (Å²) in [4.78, 5) is 27.9. The number of nitrogens with one attached hydrogen (secondary N) is 1. The summed E-state index contributed by atoms with van der Waals surface area (Å²) in [5.41, 5.74) is 1.81. The smallest absolute Gasteiger partial charge is 0.321 e. The van der Waals surface area contributed by atoms with Crippen LogP contribution in [0.25, 0.3) is 0 Å². The lowest BCUT2D eigenvalue weighted by atomic mass is 9.99. The third-order valence-electron chi connectivity index (χ3n) is 4.67. The zero-order chi connectivity index (χ0) is 18.2. The Kier molecular flexibility index (Phi) is 7.62. The third kappa shape index (κ3) is 5.96. The van der Waals surface area contributed by atoms with Gasteiger partial charge in [0, 0.05) is 39.3 Å². The van der Waals surface area contributed by atoms with Gasteiger partial charge in [0.2, 0.25) is 5.91 Å². The number of hydrogen-bond donors (Lipinski definition) is 1. The average molecular weight is 364 g/mol. The van der Waals surface area contributed by atoms with Crippen molar-refractivity contribution < 1.29 is 9.59 Å². The number of nitrogens with zero attached hydrogens (tertiary/aromatic N) is 2. The van der Waals surface area contributed by atoms with E-state index in [1.807, 2.05) is 40.9 Å². The van der Waals surface area contributed by atoms with E-state index < -0.39 is 0 Å². The molecule has 0 bridgehead atoms. The second kappa shape index (κ2) is 9.70. The number of piperidine rings is 1. The average Bonchev–Trinajstić information content (AvgIpc) is 2.61. The van der Waals surface area contributed by atoms with E-state index in [4.69, 9.17) is 0 Å². The van der Waals surface area contributed by atoms with Gasteiger partial charge in [0.15, 0.2) is 0 Å². The molecule has 1 saturated heterocycles. The molecule has 1 fully saturated rings. The molecule has 25 heavy (non-hydrogen) atoms. The van der Waals surface area contributed by atoms with Crippen LogP contribution >= 0.6 is 11.8 Å². The number of carbonyl (C=O) groups is 2. The monoisotopic (exact) mass is 363 g/mol. The van der Waals surface area contributed by atoms with E-state index in [2.05, 4.69) is 11.6 Å². The first kappa shape index (κ1) is 19.6. The zero-order valence-corrected chi connectivity index (χ0v) is 16.3. The SMILES string of the molecule is CSCC1CCN(C(=O)Nc2ccccc2CCC(=O)N(C)C)CC1. The van der Waals surface area contributed by atoms with E-state index in [0.29, 0.717) is 12.8 Å². The molecule has 138 valence electrons. The van der Waals surface area contributed by atoms with Crippen LogP contribution in [0.15, 0.2) is 24.3 Å². The van der Waals surface area contributed by atoms with Crippen molar-refractivity contribution in [1.82, 2.24) is 9.80 Å². The summed E-state index contributed by atoms with van der Waals surface area (Å²) in [6.45, 7) is 1.64. The highest BCUT2D eigenvalue weighted by atomic mass is 32.2. The van der Waals surface area contributed by atoms with Crippen molar-refractivity contribution in [2.24, 2.45) is 5.92 Å². The Morgan fingerprint density at radius 2 is 1.92 bits per heavy atom. The Morgan fingerprint density at radius 1 is 1.24 bits per heavy atom. The molecule has 1 aromatic rings. The van der Waals surface area contributed by atoms with Gasteiger partial charge in [-0.3, -0.25) is 4.79 Å². The molecule has 0 radical (unpaired) electrons. The van der Waals surface area contributed by atoms with E-state index in [0.717, 1.165) is 43.1 Å². The number of aryl methyl sites for hydroxylation is 1. The van der Waals surface area contributed by atoms with E-state index >= 15 is 0 Å². The molecule has 6 heteroatoms. The van der Waals surface area contributed by atoms with Crippen molar-refractivity contribution in [3.63, 3.8) is 0 Å². The second-order valence-electron chi connectivity index (χ2n) is 6.76. The number of amides is 3. The summed E-state index contributed by atoms with van der Waals surface area (Å²) in [5, 5.41) is 3.04. The highest BCUT2D eigenvalue weighted by Crippen LogP contribution is 2.22. The summed E-state index contributed by atoms with van der Waals surface area (Å²) in [6.07, 6.45) is 5.36. The minimum atomic E-state index is -0.0333. The quantitative estimate of drug-likeness (QED) is 0.844. The number of carbonyl (C=O) groups excluding carboxylic acids is 2. The van der Waals surface area contributed by atoms with Gasteiger partial charge in [0.25, 0.3) is 0 Å². The van der Waals surface area contributed by atoms with Crippen LogP contribution in [0.5, 0.6) is 0 Å². The predicted octanol–water partition coefficient (Wildman–Crippen LogP) is 3.31. The van der Waals surface area contributed by atoms with Gasteiger partial charge in [0.05, 0.1) is 0 Å². The molecule has 1 aromatic carbocycles. The van der Waals surface area contributed by atoms with E-state index in [-0.39, 0.29) is 11.9 Å². The molecule has 0 unspecified atom stereocenters. The van der Waals surface area contributed by atoms with Gasteiger partial charge in [-0.2, -0.15) is 11.8 Å². The molecule has 5 nitrogen and oxygen atoms in total. The zero-order valence-electron chi connectivity index (χ0n) is 15.5. The van der Waals surface area contributed by atoms with Crippen LogP contribution in [-0.2, 0) is 11.2 Å². The molecular formula is C19H29N3O2S. The Morgan fingerprint density at radius 3 is 2.56 bits per heavy atom. The molecule has 0 saturated carbocycles. The first-order valence-corrected chi connectivity index (χ1v) is 10.2. The predicted molar refractivity (Wildman–Crippen MR) is 105 cm³/mol. The molecule has 1 aliphatic heterocycles. The molecule has 0 aromatic heterocycles. The van der Waals surface area contributed by atoms with Crippen molar-refractivity contribution in [2.75, 3.05) is 44.5 Å². The minimum absolute atomic E-state index is 0.0333. The van der Waals surface area contributed by atoms with E-state index in [1.54, 1.807) is 19.0 Å². The lowest BCUT2D eigenvalue weighted by Gasteiger charge is -2.32. The summed E-state index contributed by atoms with van der Waals surface area (Å²) in [6, 6.07) is 7.71. The number of likely N-dealkylation sites (tertiary alicyclic amines) is 1. The maximum absolute atomic E-state index is 12.6. The maximum Gasteiger partial charge on any atom is 0.321 e. The molecule has 2 rings (SSSR count). The number of benzene rings is 1. The molecule has 0 atom stereocenters. The Hall–Kier alpha value is -1.69. The third-order valence-corrected chi connectivity index (χ3v) is 5.47. The fourth-order valence-electron chi connectivity index (χ4n) is 3.06. The fraction of sp³-hybridized carbons (Fsp3) is 0.579. The first-order valence-electron chi connectivity index (χ1n) is 8.84. The Balaban J connectivity index is 1.91. The van der Waals surface area contributed by atoms with Crippen molar-refractivity contribution in [1.29, 1.82) is 0 Å². The van der Waals surface area contributed by atoms with Crippen LogP contribution in [0.3, 0.4) is 0 Å². The van der Waals surface area contributed by atoms with Gasteiger partial charge in [-0.15, -0.1) is 0 Å². The molecule has 1 aliphatic rings. The van der Waals surface area contributed by atoms with Crippen molar-refractivity contribution in [3.05, 3.63) is 29.8 Å². The molecule has 0 spiro atoms. The van der Waals surface area contributed by atoms with E-state index in [9.17, 15) is 9.59 Å². The topological polar surface area (TPSA) is 52.7 Å². The van der Waals surface area contributed by atoms with Gasteiger partial charge < -0.3 is 15.1 Å². The summed E-state index contributed by atoms with van der Waals surface area (Å²) < 4.78 is 0. The van der Waals surface area contributed by atoms with Gasteiger partial charge in [-0.25, -0.2) is 4.79 Å². The lowest BCUT2D eigenvalue weighted by Crippen LogP contribution is -2.41. The molecular weight excluding hydrogens is 334 g/mol. The highest BCUT2D eigenvalue weighted by Gasteiger charge is 2.22. The number of anilines is 1. The van der Waals surface area contributed by atoms with Crippen molar-refractivity contribution in [3.8, 4) is 0 Å². The Labute approximate surface area is 155 Å². The van der Waals surface area contributed by atoms with Crippen LogP contribution in [0.1, 0.15) is 24.8 Å². The van der Waals surface area contributed by atoms with Crippen LogP contribution < -0.4 is 5.32 Å². The molecule has 1 N–H and O–H groups in total. The molecule has 0 aliphatic carbocycles. The van der Waals surface area contributed by atoms with E-state index in [1.165, 1.54) is 5.75 Å². The van der Waals surface area contributed by atoms with Crippen molar-refractivity contribution in [2.45, 2.75) is 25.7 Å². The minimum Gasteiger partial charge on any atom is -0.349 e. The number of para-hydroxylation sites is 1. The van der Waals surface area contributed by atoms with Crippen LogP contribution in [0, 0.1) is 5.92 Å². The van der Waals surface area contributed by atoms with Crippen LogP contribution in [-0.4, -0.2) is 60.9 Å². The standard InChI is InChI=1S/C19H29N3O2S/c1-21(2)18(23)9-8-16-6-4-5-7-17(16)20-19(24)22-12-10-15(11-13-22)14-25-3/h4-7,15H,8-14H2,1-3H3,(H,20,24). The first-order chi connectivity index (χ1) is 12.0. The van der Waals surface area contributed by atoms with Gasteiger partial charge in [-0.05, 0) is 48.8 Å². The van der Waals surface area contributed by atoms with Gasteiger partial charge in [0.1, 0.15) is 0 Å². The van der Waals surface area contributed by atoms with Crippen molar-refractivity contribution >= 4 is 29.4 Å². The van der Waals surface area contributed by atoms with Crippen LogP contribution in [0.4, 0.5) is 10.5 Å². The molecule has 1 heterocycles.